The van der Waals surface area contributed by atoms with Crippen LogP contribution in [0.5, 0.6) is 0 Å². The highest BCUT2D eigenvalue weighted by Gasteiger charge is 2.20. The Balaban J connectivity index is 2.05. The number of nitrogens with zero attached hydrogens (tertiary/aromatic N) is 1. The maximum Gasteiger partial charge on any atom is 0.0346 e. The fraction of sp³-hybridized carbons (Fsp3) is 0.647. The van der Waals surface area contributed by atoms with E-state index in [2.05, 4.69) is 55.3 Å². The van der Waals surface area contributed by atoms with Crippen LogP contribution in [-0.2, 0) is 6.42 Å². The molecule has 19 heavy (non-hydrogen) atoms. The van der Waals surface area contributed by atoms with E-state index in [-0.39, 0.29) is 0 Å². The van der Waals surface area contributed by atoms with Crippen molar-refractivity contribution >= 4 is 0 Å². The molecular weight excluding hydrogens is 232 g/mol. The lowest BCUT2D eigenvalue weighted by Gasteiger charge is -2.34. The zero-order valence-electron chi connectivity index (χ0n) is 12.7. The molecule has 1 aliphatic heterocycles. The highest BCUT2D eigenvalue weighted by molar-refractivity contribution is 5.25. The molecule has 1 N–H and O–H groups in total. The molecule has 2 heteroatoms. The van der Waals surface area contributed by atoms with Gasteiger partial charge < -0.3 is 5.32 Å². The van der Waals surface area contributed by atoms with Crippen molar-refractivity contribution in [3.8, 4) is 0 Å². The van der Waals surface area contributed by atoms with E-state index in [1.807, 2.05) is 0 Å². The molecule has 0 spiro atoms. The van der Waals surface area contributed by atoms with Gasteiger partial charge in [-0.2, -0.15) is 0 Å². The second-order valence-electron chi connectivity index (χ2n) is 6.05. The van der Waals surface area contributed by atoms with Gasteiger partial charge in [0.1, 0.15) is 0 Å². The predicted molar refractivity (Wildman–Crippen MR) is 82.5 cm³/mol. The lowest BCUT2D eigenvalue weighted by Crippen LogP contribution is -2.45. The summed E-state index contributed by atoms with van der Waals surface area (Å²) in [5.74, 6) is 0.737. The van der Waals surface area contributed by atoms with Gasteiger partial charge >= 0.3 is 0 Å². The Bertz CT molecular complexity index is 363. The molecule has 2 rings (SSSR count). The van der Waals surface area contributed by atoms with E-state index in [0.29, 0.717) is 6.04 Å². The first kappa shape index (κ1) is 14.5. The van der Waals surface area contributed by atoms with E-state index in [1.54, 1.807) is 0 Å². The van der Waals surface area contributed by atoms with Crippen molar-refractivity contribution in [2.45, 2.75) is 39.7 Å². The maximum absolute atomic E-state index is 3.43. The van der Waals surface area contributed by atoms with Crippen LogP contribution >= 0.6 is 0 Å². The van der Waals surface area contributed by atoms with Gasteiger partial charge in [-0.15, -0.1) is 0 Å². The van der Waals surface area contributed by atoms with Crippen LogP contribution in [0.4, 0.5) is 0 Å². The Morgan fingerprint density at radius 1 is 1.11 bits per heavy atom. The van der Waals surface area contributed by atoms with Crippen molar-refractivity contribution in [1.29, 1.82) is 0 Å². The number of benzene rings is 1. The van der Waals surface area contributed by atoms with Crippen LogP contribution in [0, 0.1) is 5.92 Å². The molecule has 1 aliphatic rings. The molecular formula is C17H28N2. The lowest BCUT2D eigenvalue weighted by molar-refractivity contribution is 0.169. The van der Waals surface area contributed by atoms with Crippen molar-refractivity contribution in [3.05, 3.63) is 35.4 Å². The number of rotatable bonds is 5. The van der Waals surface area contributed by atoms with Gasteiger partial charge in [0, 0.05) is 32.2 Å². The van der Waals surface area contributed by atoms with Gasteiger partial charge in [-0.3, -0.25) is 4.90 Å². The second-order valence-corrected chi connectivity index (χ2v) is 6.05. The van der Waals surface area contributed by atoms with Crippen LogP contribution in [0.1, 0.15) is 44.4 Å². The summed E-state index contributed by atoms with van der Waals surface area (Å²) in [5.41, 5.74) is 2.95. The topological polar surface area (TPSA) is 15.3 Å². The maximum atomic E-state index is 3.43. The Kier molecular flexibility index (Phi) is 5.41. The fourth-order valence-electron chi connectivity index (χ4n) is 3.05. The van der Waals surface area contributed by atoms with E-state index >= 15 is 0 Å². The summed E-state index contributed by atoms with van der Waals surface area (Å²) < 4.78 is 0. The molecule has 0 radical (unpaired) electrons. The molecule has 106 valence electrons. The number of nitrogens with one attached hydrogen (secondary N) is 1. The van der Waals surface area contributed by atoms with Gasteiger partial charge in [0.05, 0.1) is 0 Å². The van der Waals surface area contributed by atoms with Crippen LogP contribution in [0.15, 0.2) is 24.3 Å². The summed E-state index contributed by atoms with van der Waals surface area (Å²) in [6.45, 7) is 11.5. The fourth-order valence-corrected chi connectivity index (χ4v) is 3.05. The molecule has 2 nitrogen and oxygen atoms in total. The Morgan fingerprint density at radius 3 is 2.26 bits per heavy atom. The van der Waals surface area contributed by atoms with E-state index in [1.165, 1.54) is 37.1 Å². The first-order valence-electron chi connectivity index (χ1n) is 7.74. The van der Waals surface area contributed by atoms with Gasteiger partial charge in [-0.25, -0.2) is 0 Å². The quantitative estimate of drug-likeness (QED) is 0.874. The Hall–Kier alpha value is -0.860. The van der Waals surface area contributed by atoms with E-state index in [0.717, 1.165) is 19.0 Å². The number of piperazine rings is 1. The molecule has 1 fully saturated rings. The van der Waals surface area contributed by atoms with E-state index < -0.39 is 0 Å². The van der Waals surface area contributed by atoms with E-state index in [9.17, 15) is 0 Å². The van der Waals surface area contributed by atoms with E-state index in [4.69, 9.17) is 0 Å². The third-order valence-corrected chi connectivity index (χ3v) is 3.99. The molecule has 0 aliphatic carbocycles. The van der Waals surface area contributed by atoms with Gasteiger partial charge in [0.15, 0.2) is 0 Å². The largest absolute Gasteiger partial charge is 0.314 e. The average molecular weight is 260 g/mol. The highest BCUT2D eigenvalue weighted by Crippen LogP contribution is 2.25. The monoisotopic (exact) mass is 260 g/mol. The highest BCUT2D eigenvalue weighted by atomic mass is 15.2. The zero-order valence-corrected chi connectivity index (χ0v) is 12.7. The Morgan fingerprint density at radius 2 is 1.74 bits per heavy atom. The SMILES string of the molecule is CCC(c1ccc(CC(C)C)cc1)N1CCNCC1. The van der Waals surface area contributed by atoms with Crippen LogP contribution in [0.2, 0.25) is 0 Å². The summed E-state index contributed by atoms with van der Waals surface area (Å²) >= 11 is 0. The summed E-state index contributed by atoms with van der Waals surface area (Å²) in [7, 11) is 0. The molecule has 0 amide bonds. The summed E-state index contributed by atoms with van der Waals surface area (Å²) in [6.07, 6.45) is 2.38. The average Bonchev–Trinajstić information content (AvgIpc) is 2.42. The van der Waals surface area contributed by atoms with Crippen molar-refractivity contribution in [3.63, 3.8) is 0 Å². The molecule has 1 saturated heterocycles. The smallest absolute Gasteiger partial charge is 0.0346 e. The van der Waals surface area contributed by atoms with Crippen LogP contribution in [0.25, 0.3) is 0 Å². The number of hydrogen-bond donors (Lipinski definition) is 1. The molecule has 1 unspecified atom stereocenters. The number of hydrogen-bond acceptors (Lipinski definition) is 2. The third kappa shape index (κ3) is 4.05. The predicted octanol–water partition coefficient (Wildman–Crippen LogP) is 3.24. The summed E-state index contributed by atoms with van der Waals surface area (Å²) in [4.78, 5) is 2.62. The van der Waals surface area contributed by atoms with Crippen LogP contribution in [0.3, 0.4) is 0 Å². The third-order valence-electron chi connectivity index (χ3n) is 3.99. The van der Waals surface area contributed by atoms with Gasteiger partial charge in [-0.05, 0) is 29.9 Å². The molecule has 1 atom stereocenters. The molecule has 1 heterocycles. The molecule has 0 bridgehead atoms. The lowest BCUT2D eigenvalue weighted by atomic mass is 9.97. The first-order chi connectivity index (χ1) is 9.20. The van der Waals surface area contributed by atoms with Gasteiger partial charge in [0.2, 0.25) is 0 Å². The summed E-state index contributed by atoms with van der Waals surface area (Å²) in [6, 6.07) is 9.91. The minimum absolute atomic E-state index is 0.593. The normalized spacial score (nSPS) is 18.7. The molecule has 1 aromatic carbocycles. The Labute approximate surface area is 118 Å². The van der Waals surface area contributed by atoms with Crippen molar-refractivity contribution in [1.82, 2.24) is 10.2 Å². The first-order valence-corrected chi connectivity index (χ1v) is 7.74. The van der Waals surface area contributed by atoms with Crippen molar-refractivity contribution in [2.75, 3.05) is 26.2 Å². The zero-order chi connectivity index (χ0) is 13.7. The van der Waals surface area contributed by atoms with Crippen molar-refractivity contribution in [2.24, 2.45) is 5.92 Å². The van der Waals surface area contributed by atoms with Gasteiger partial charge in [0.25, 0.3) is 0 Å². The van der Waals surface area contributed by atoms with Crippen LogP contribution in [-0.4, -0.2) is 31.1 Å². The van der Waals surface area contributed by atoms with Crippen LogP contribution < -0.4 is 5.32 Å². The van der Waals surface area contributed by atoms with Gasteiger partial charge in [-0.1, -0.05) is 45.0 Å². The second kappa shape index (κ2) is 7.06. The summed E-state index contributed by atoms with van der Waals surface area (Å²) in [5, 5.41) is 3.43. The van der Waals surface area contributed by atoms with Crippen molar-refractivity contribution < 1.29 is 0 Å². The molecule has 1 aromatic rings. The standard InChI is InChI=1S/C17H28N2/c1-4-17(19-11-9-18-10-12-19)16-7-5-15(6-8-16)13-14(2)3/h5-8,14,17-18H,4,9-13H2,1-3H3. The molecule has 0 saturated carbocycles. The molecule has 0 aromatic heterocycles. The minimum Gasteiger partial charge on any atom is -0.314 e. The minimum atomic E-state index is 0.593.